The third kappa shape index (κ3) is 4.97. The molecule has 29 heavy (non-hydrogen) atoms. The van der Waals surface area contributed by atoms with Gasteiger partial charge in [0.05, 0.1) is 25.4 Å². The van der Waals surface area contributed by atoms with Crippen LogP contribution in [0.2, 0.25) is 0 Å². The average Bonchev–Trinajstić information content (AvgIpc) is 3.10. The van der Waals surface area contributed by atoms with Crippen LogP contribution in [-0.2, 0) is 11.2 Å². The molecular weight excluding hydrogens is 364 g/mol. The molecule has 0 saturated heterocycles. The summed E-state index contributed by atoms with van der Waals surface area (Å²) in [6.45, 7) is 4.86. The SMILES string of the molecule is CCCCCCOc1cc(N=CC2Cc3ccccc3N2C=O)c(C)cc1OC. The molecule has 1 heterocycles. The van der Waals surface area contributed by atoms with E-state index < -0.39 is 0 Å². The largest absolute Gasteiger partial charge is 0.493 e. The first kappa shape index (κ1) is 20.9. The fourth-order valence-electron chi connectivity index (χ4n) is 3.64. The van der Waals surface area contributed by atoms with Crippen LogP contribution in [-0.4, -0.2) is 32.4 Å². The standard InChI is InChI=1S/C24H30N2O3/c1-4-5-6-9-12-29-24-15-21(18(2)13-23(24)28-3)25-16-20-14-19-10-7-8-11-22(19)26(20)17-27/h7-8,10-11,13,15-17,20H,4-6,9,12,14H2,1-3H3. The molecule has 1 aliphatic heterocycles. The number of rotatable bonds is 10. The van der Waals surface area contributed by atoms with E-state index in [0.29, 0.717) is 12.4 Å². The second-order valence-electron chi connectivity index (χ2n) is 7.39. The van der Waals surface area contributed by atoms with Gasteiger partial charge >= 0.3 is 0 Å². The van der Waals surface area contributed by atoms with Crippen molar-refractivity contribution in [3.63, 3.8) is 0 Å². The number of nitrogens with zero attached hydrogens (tertiary/aromatic N) is 2. The molecule has 1 aliphatic rings. The maximum Gasteiger partial charge on any atom is 0.214 e. The minimum absolute atomic E-state index is 0.0789. The number of aryl methyl sites for hydroxylation is 1. The molecule has 1 unspecified atom stereocenters. The summed E-state index contributed by atoms with van der Waals surface area (Å²) in [4.78, 5) is 18.1. The number of hydrogen-bond donors (Lipinski definition) is 0. The van der Waals surface area contributed by atoms with E-state index in [2.05, 4.69) is 13.0 Å². The van der Waals surface area contributed by atoms with Crippen LogP contribution >= 0.6 is 0 Å². The number of ether oxygens (including phenoxy) is 2. The minimum Gasteiger partial charge on any atom is -0.493 e. The normalized spacial score (nSPS) is 15.6. The molecule has 0 aliphatic carbocycles. The second kappa shape index (κ2) is 10.1. The van der Waals surface area contributed by atoms with Gasteiger partial charge in [-0.2, -0.15) is 0 Å². The summed E-state index contributed by atoms with van der Waals surface area (Å²) in [6.07, 6.45) is 8.13. The zero-order valence-corrected chi connectivity index (χ0v) is 17.6. The first-order valence-corrected chi connectivity index (χ1v) is 10.3. The Labute approximate surface area is 173 Å². The summed E-state index contributed by atoms with van der Waals surface area (Å²) >= 11 is 0. The zero-order chi connectivity index (χ0) is 20.6. The van der Waals surface area contributed by atoms with E-state index in [1.807, 2.05) is 43.5 Å². The minimum atomic E-state index is -0.0789. The molecule has 0 fully saturated rings. The van der Waals surface area contributed by atoms with Crippen LogP contribution in [0.1, 0.15) is 43.7 Å². The molecule has 0 aromatic heterocycles. The van der Waals surface area contributed by atoms with Gasteiger partial charge in [0.15, 0.2) is 11.5 Å². The van der Waals surface area contributed by atoms with Gasteiger partial charge in [0.1, 0.15) is 0 Å². The molecule has 5 heteroatoms. The number of aliphatic imine (C=N–C) groups is 1. The molecule has 0 bridgehead atoms. The Hall–Kier alpha value is -2.82. The molecule has 1 amide bonds. The summed E-state index contributed by atoms with van der Waals surface area (Å²) in [5.41, 5.74) is 3.96. The predicted octanol–water partition coefficient (Wildman–Crippen LogP) is 5.25. The number of para-hydroxylation sites is 1. The van der Waals surface area contributed by atoms with E-state index in [1.54, 1.807) is 12.0 Å². The van der Waals surface area contributed by atoms with Crippen LogP contribution in [0.15, 0.2) is 41.4 Å². The van der Waals surface area contributed by atoms with Crippen LogP contribution in [0.3, 0.4) is 0 Å². The summed E-state index contributed by atoms with van der Waals surface area (Å²) in [5, 5.41) is 0. The van der Waals surface area contributed by atoms with Crippen molar-refractivity contribution in [3.05, 3.63) is 47.5 Å². The number of carbonyl (C=O) groups is 1. The van der Waals surface area contributed by atoms with Crippen molar-refractivity contribution in [1.29, 1.82) is 0 Å². The lowest BCUT2D eigenvalue weighted by Crippen LogP contribution is -2.31. The third-order valence-electron chi connectivity index (χ3n) is 5.29. The van der Waals surface area contributed by atoms with E-state index in [9.17, 15) is 4.79 Å². The second-order valence-corrected chi connectivity index (χ2v) is 7.39. The molecule has 154 valence electrons. The summed E-state index contributed by atoms with van der Waals surface area (Å²) in [6, 6.07) is 11.8. The molecule has 2 aromatic rings. The lowest BCUT2D eigenvalue weighted by atomic mass is 10.1. The van der Waals surface area contributed by atoms with E-state index in [1.165, 1.54) is 24.8 Å². The van der Waals surface area contributed by atoms with Crippen LogP contribution in [0.4, 0.5) is 11.4 Å². The highest BCUT2D eigenvalue weighted by Gasteiger charge is 2.27. The number of methoxy groups -OCH3 is 1. The molecule has 1 atom stereocenters. The van der Waals surface area contributed by atoms with Gasteiger partial charge in [-0.15, -0.1) is 0 Å². The van der Waals surface area contributed by atoms with Crippen LogP contribution in [0.5, 0.6) is 11.5 Å². The number of benzene rings is 2. The Balaban J connectivity index is 1.74. The molecule has 0 spiro atoms. The highest BCUT2D eigenvalue weighted by atomic mass is 16.5. The van der Waals surface area contributed by atoms with E-state index in [4.69, 9.17) is 14.5 Å². The maximum atomic E-state index is 11.6. The Bertz CT molecular complexity index is 863. The van der Waals surface area contributed by atoms with E-state index >= 15 is 0 Å². The van der Waals surface area contributed by atoms with Crippen molar-refractivity contribution in [2.75, 3.05) is 18.6 Å². The fraction of sp³-hybridized carbons (Fsp3) is 0.417. The van der Waals surface area contributed by atoms with Crippen LogP contribution in [0.25, 0.3) is 0 Å². The number of carbonyl (C=O) groups excluding carboxylic acids is 1. The Morgan fingerprint density at radius 2 is 2.00 bits per heavy atom. The first-order chi connectivity index (χ1) is 14.2. The summed E-state index contributed by atoms with van der Waals surface area (Å²) < 4.78 is 11.5. The van der Waals surface area contributed by atoms with Gasteiger partial charge < -0.3 is 14.4 Å². The topological polar surface area (TPSA) is 51.1 Å². The first-order valence-electron chi connectivity index (χ1n) is 10.3. The van der Waals surface area contributed by atoms with E-state index in [0.717, 1.165) is 41.9 Å². The van der Waals surface area contributed by atoms with Crippen molar-refractivity contribution >= 4 is 24.0 Å². The van der Waals surface area contributed by atoms with Crippen molar-refractivity contribution in [2.24, 2.45) is 4.99 Å². The molecule has 0 N–H and O–H groups in total. The highest BCUT2D eigenvalue weighted by Crippen LogP contribution is 2.35. The van der Waals surface area contributed by atoms with Crippen molar-refractivity contribution < 1.29 is 14.3 Å². The van der Waals surface area contributed by atoms with Gasteiger partial charge in [-0.05, 0) is 36.6 Å². The molecule has 0 radical (unpaired) electrons. The summed E-state index contributed by atoms with van der Waals surface area (Å²) in [7, 11) is 1.65. The number of hydrogen-bond acceptors (Lipinski definition) is 4. The maximum absolute atomic E-state index is 11.6. The quantitative estimate of drug-likeness (QED) is 0.314. The molecule has 2 aromatic carbocycles. The number of unbranched alkanes of at least 4 members (excludes halogenated alkanes) is 3. The van der Waals surface area contributed by atoms with Crippen molar-refractivity contribution in [3.8, 4) is 11.5 Å². The Morgan fingerprint density at radius 1 is 1.17 bits per heavy atom. The van der Waals surface area contributed by atoms with Crippen molar-refractivity contribution in [2.45, 2.75) is 52.0 Å². The Kier molecular flexibility index (Phi) is 7.28. The molecular formula is C24H30N2O3. The van der Waals surface area contributed by atoms with Crippen molar-refractivity contribution in [1.82, 2.24) is 0 Å². The number of anilines is 1. The van der Waals surface area contributed by atoms with Gasteiger partial charge in [0.2, 0.25) is 6.41 Å². The smallest absolute Gasteiger partial charge is 0.214 e. The third-order valence-corrected chi connectivity index (χ3v) is 5.29. The average molecular weight is 395 g/mol. The van der Waals surface area contributed by atoms with E-state index in [-0.39, 0.29) is 6.04 Å². The van der Waals surface area contributed by atoms with Crippen LogP contribution in [0, 0.1) is 6.92 Å². The zero-order valence-electron chi connectivity index (χ0n) is 17.6. The lowest BCUT2D eigenvalue weighted by Gasteiger charge is -2.17. The molecule has 0 saturated carbocycles. The fourth-order valence-corrected chi connectivity index (χ4v) is 3.64. The highest BCUT2D eigenvalue weighted by molar-refractivity contribution is 5.90. The monoisotopic (exact) mass is 394 g/mol. The predicted molar refractivity (Wildman–Crippen MR) is 118 cm³/mol. The summed E-state index contributed by atoms with van der Waals surface area (Å²) in [5.74, 6) is 1.43. The van der Waals surface area contributed by atoms with Gasteiger partial charge in [-0.1, -0.05) is 44.4 Å². The number of fused-ring (bicyclic) bond motifs is 1. The van der Waals surface area contributed by atoms with Crippen LogP contribution < -0.4 is 14.4 Å². The van der Waals surface area contributed by atoms with Gasteiger partial charge in [0.25, 0.3) is 0 Å². The molecule has 5 nitrogen and oxygen atoms in total. The Morgan fingerprint density at radius 3 is 2.76 bits per heavy atom. The lowest BCUT2D eigenvalue weighted by molar-refractivity contribution is -0.107. The molecule has 3 rings (SSSR count). The van der Waals surface area contributed by atoms with Gasteiger partial charge in [0, 0.05) is 24.4 Å². The number of amides is 1. The van der Waals surface area contributed by atoms with Gasteiger partial charge in [-0.25, -0.2) is 0 Å². The van der Waals surface area contributed by atoms with Gasteiger partial charge in [-0.3, -0.25) is 9.79 Å².